The van der Waals surface area contributed by atoms with Crippen LogP contribution >= 0.6 is 0 Å². The smallest absolute Gasteiger partial charge is 0.274 e. The number of aromatic nitrogens is 1. The minimum Gasteiger partial charge on any atom is -0.497 e. The summed E-state index contributed by atoms with van der Waals surface area (Å²) in [4.78, 5) is 19.1. The van der Waals surface area contributed by atoms with E-state index in [0.29, 0.717) is 11.4 Å². The number of carbonyl (C=O) groups excluding carboxylic acids is 1. The molecule has 2 heterocycles. The molecule has 136 valence electrons. The van der Waals surface area contributed by atoms with Crippen molar-refractivity contribution in [3.63, 3.8) is 0 Å². The first-order valence-electron chi connectivity index (χ1n) is 8.96. The second-order valence-electron chi connectivity index (χ2n) is 6.52. The number of fused-ring (bicyclic) bond motifs is 1. The third-order valence-corrected chi connectivity index (χ3v) is 4.82. The number of ether oxygens (including phenoxy) is 1. The first-order chi connectivity index (χ1) is 13.2. The molecule has 27 heavy (non-hydrogen) atoms. The second-order valence-corrected chi connectivity index (χ2v) is 6.52. The number of carbonyl (C=O) groups is 1. The maximum atomic E-state index is 12.6. The number of amides is 1. The molecule has 0 aliphatic carbocycles. The van der Waals surface area contributed by atoms with Crippen LogP contribution in [-0.2, 0) is 13.0 Å². The fraction of sp³-hybridized carbons (Fsp3) is 0.182. The molecule has 4 rings (SSSR count). The van der Waals surface area contributed by atoms with Crippen molar-refractivity contribution in [2.75, 3.05) is 23.9 Å². The molecule has 1 amide bonds. The Kier molecular flexibility index (Phi) is 4.75. The Bertz CT molecular complexity index is 954. The summed E-state index contributed by atoms with van der Waals surface area (Å²) in [5.74, 6) is 0.526. The lowest BCUT2D eigenvalue weighted by Crippen LogP contribution is -2.30. The van der Waals surface area contributed by atoms with Crippen LogP contribution in [0.3, 0.4) is 0 Å². The summed E-state index contributed by atoms with van der Waals surface area (Å²) in [6, 6.07) is 19.6. The Balaban J connectivity index is 1.49. The van der Waals surface area contributed by atoms with E-state index in [0.717, 1.165) is 30.9 Å². The van der Waals surface area contributed by atoms with Crippen LogP contribution in [0.25, 0.3) is 0 Å². The van der Waals surface area contributed by atoms with E-state index in [1.165, 1.54) is 11.1 Å². The van der Waals surface area contributed by atoms with Crippen molar-refractivity contribution in [1.82, 2.24) is 4.98 Å². The van der Waals surface area contributed by atoms with Crippen LogP contribution in [0, 0.1) is 0 Å². The van der Waals surface area contributed by atoms with Crippen molar-refractivity contribution >= 4 is 17.3 Å². The van der Waals surface area contributed by atoms with E-state index in [9.17, 15) is 4.79 Å². The summed E-state index contributed by atoms with van der Waals surface area (Å²) in [6.07, 6.45) is 2.70. The molecule has 0 unspecified atom stereocenters. The van der Waals surface area contributed by atoms with Gasteiger partial charge in [-0.2, -0.15) is 0 Å². The molecule has 5 nitrogen and oxygen atoms in total. The predicted molar refractivity (Wildman–Crippen MR) is 106 cm³/mol. The number of pyridine rings is 1. The maximum Gasteiger partial charge on any atom is 0.274 e. The Hall–Kier alpha value is -3.34. The highest BCUT2D eigenvalue weighted by atomic mass is 16.5. The highest BCUT2D eigenvalue weighted by Gasteiger charge is 2.17. The lowest BCUT2D eigenvalue weighted by molar-refractivity contribution is 0.102. The van der Waals surface area contributed by atoms with Gasteiger partial charge in [-0.1, -0.05) is 24.3 Å². The average molecular weight is 359 g/mol. The standard InChI is InChI=1S/C22H21N3O2/c1-27-20-8-6-18(7-9-20)24-22(26)21-14-19(10-12-23-21)25-13-11-16-4-2-3-5-17(16)15-25/h2-10,12,14H,11,13,15H2,1H3,(H,24,26). The van der Waals surface area contributed by atoms with E-state index in [-0.39, 0.29) is 5.91 Å². The van der Waals surface area contributed by atoms with E-state index in [2.05, 4.69) is 39.5 Å². The van der Waals surface area contributed by atoms with Gasteiger partial charge in [-0.25, -0.2) is 0 Å². The quantitative estimate of drug-likeness (QED) is 0.767. The number of rotatable bonds is 4. The summed E-state index contributed by atoms with van der Waals surface area (Å²) in [5.41, 5.74) is 4.87. The molecule has 2 aromatic carbocycles. The SMILES string of the molecule is COc1ccc(NC(=O)c2cc(N3CCc4ccccc4C3)ccn2)cc1. The molecule has 0 spiro atoms. The second kappa shape index (κ2) is 7.50. The van der Waals surface area contributed by atoms with E-state index < -0.39 is 0 Å². The number of methoxy groups -OCH3 is 1. The van der Waals surface area contributed by atoms with Crippen LogP contribution < -0.4 is 15.0 Å². The molecule has 0 fully saturated rings. The zero-order chi connectivity index (χ0) is 18.6. The maximum absolute atomic E-state index is 12.6. The third kappa shape index (κ3) is 3.77. The van der Waals surface area contributed by atoms with Crippen molar-refractivity contribution in [2.24, 2.45) is 0 Å². The molecular formula is C22H21N3O2. The molecule has 0 atom stereocenters. The number of hydrogen-bond acceptors (Lipinski definition) is 4. The molecule has 1 N–H and O–H groups in total. The fourth-order valence-corrected chi connectivity index (χ4v) is 3.33. The van der Waals surface area contributed by atoms with Crippen LogP contribution in [0.4, 0.5) is 11.4 Å². The predicted octanol–water partition coefficient (Wildman–Crippen LogP) is 3.91. The van der Waals surface area contributed by atoms with Crippen molar-refractivity contribution in [3.05, 3.63) is 83.7 Å². The lowest BCUT2D eigenvalue weighted by Gasteiger charge is -2.30. The van der Waals surface area contributed by atoms with Gasteiger partial charge in [-0.05, 0) is 53.9 Å². The number of hydrogen-bond donors (Lipinski definition) is 1. The number of anilines is 2. The van der Waals surface area contributed by atoms with E-state index in [4.69, 9.17) is 4.74 Å². The Morgan fingerprint density at radius 1 is 1.07 bits per heavy atom. The topological polar surface area (TPSA) is 54.5 Å². The molecule has 0 radical (unpaired) electrons. The minimum absolute atomic E-state index is 0.223. The lowest BCUT2D eigenvalue weighted by atomic mass is 9.99. The van der Waals surface area contributed by atoms with Gasteiger partial charge in [0, 0.05) is 30.7 Å². The van der Waals surface area contributed by atoms with Crippen molar-refractivity contribution < 1.29 is 9.53 Å². The summed E-state index contributed by atoms with van der Waals surface area (Å²) < 4.78 is 5.14. The molecule has 1 aliphatic rings. The van der Waals surface area contributed by atoms with Gasteiger partial charge >= 0.3 is 0 Å². The highest BCUT2D eigenvalue weighted by molar-refractivity contribution is 6.03. The van der Waals surface area contributed by atoms with Gasteiger partial charge in [-0.15, -0.1) is 0 Å². The van der Waals surface area contributed by atoms with E-state index in [1.54, 1.807) is 13.3 Å². The Morgan fingerprint density at radius 2 is 1.85 bits per heavy atom. The van der Waals surface area contributed by atoms with Gasteiger partial charge in [0.1, 0.15) is 11.4 Å². The van der Waals surface area contributed by atoms with Gasteiger partial charge < -0.3 is 15.0 Å². The van der Waals surface area contributed by atoms with Crippen molar-refractivity contribution in [1.29, 1.82) is 0 Å². The number of benzene rings is 2. The number of nitrogens with zero attached hydrogens (tertiary/aromatic N) is 2. The molecule has 5 heteroatoms. The normalized spacial score (nSPS) is 13.0. The highest BCUT2D eigenvalue weighted by Crippen LogP contribution is 2.25. The first-order valence-corrected chi connectivity index (χ1v) is 8.96. The van der Waals surface area contributed by atoms with Crippen LogP contribution in [-0.4, -0.2) is 24.5 Å². The minimum atomic E-state index is -0.223. The van der Waals surface area contributed by atoms with Gasteiger partial charge in [0.05, 0.1) is 7.11 Å². The third-order valence-electron chi connectivity index (χ3n) is 4.82. The molecule has 1 aliphatic heterocycles. The van der Waals surface area contributed by atoms with Crippen LogP contribution in [0.15, 0.2) is 66.9 Å². The fourth-order valence-electron chi connectivity index (χ4n) is 3.33. The van der Waals surface area contributed by atoms with Crippen LogP contribution in [0.5, 0.6) is 5.75 Å². The van der Waals surface area contributed by atoms with E-state index >= 15 is 0 Å². The number of nitrogens with one attached hydrogen (secondary N) is 1. The zero-order valence-electron chi connectivity index (χ0n) is 15.2. The van der Waals surface area contributed by atoms with Gasteiger partial charge in [0.15, 0.2) is 0 Å². The molecule has 0 bridgehead atoms. The monoisotopic (exact) mass is 359 g/mol. The van der Waals surface area contributed by atoms with Crippen molar-refractivity contribution in [2.45, 2.75) is 13.0 Å². The van der Waals surface area contributed by atoms with E-state index in [1.807, 2.05) is 36.4 Å². The Labute approximate surface area is 158 Å². The summed E-state index contributed by atoms with van der Waals surface area (Å²) in [7, 11) is 1.61. The largest absolute Gasteiger partial charge is 0.497 e. The molecule has 1 aromatic heterocycles. The molecule has 0 saturated carbocycles. The van der Waals surface area contributed by atoms with Gasteiger partial charge in [-0.3, -0.25) is 9.78 Å². The van der Waals surface area contributed by atoms with Crippen molar-refractivity contribution in [3.8, 4) is 5.75 Å². The summed E-state index contributed by atoms with van der Waals surface area (Å²) >= 11 is 0. The zero-order valence-corrected chi connectivity index (χ0v) is 15.2. The molecular weight excluding hydrogens is 338 g/mol. The molecule has 0 saturated heterocycles. The Morgan fingerprint density at radius 3 is 2.63 bits per heavy atom. The van der Waals surface area contributed by atoms with Crippen LogP contribution in [0.1, 0.15) is 21.6 Å². The van der Waals surface area contributed by atoms with Gasteiger partial charge in [0.25, 0.3) is 5.91 Å². The summed E-state index contributed by atoms with van der Waals surface area (Å²) in [6.45, 7) is 1.78. The molecule has 3 aromatic rings. The van der Waals surface area contributed by atoms with Gasteiger partial charge in [0.2, 0.25) is 0 Å². The van der Waals surface area contributed by atoms with Crippen LogP contribution in [0.2, 0.25) is 0 Å². The first kappa shape index (κ1) is 17.1. The summed E-state index contributed by atoms with van der Waals surface area (Å²) in [5, 5.41) is 2.88. The average Bonchev–Trinajstić information content (AvgIpc) is 2.74.